The molecule has 0 heterocycles. The first-order chi connectivity index (χ1) is 13.9. The molecule has 0 radical (unpaired) electrons. The monoisotopic (exact) mass is 583 g/mol. The number of phosphoric acid groups is 1. The van der Waals surface area contributed by atoms with Crippen LogP contribution in [0, 0.1) is 5.41 Å². The predicted octanol–water partition coefficient (Wildman–Crippen LogP) is 1.63. The number of thioether (sulfide) groups is 1. The van der Waals surface area contributed by atoms with Crippen molar-refractivity contribution in [3.05, 3.63) is 0 Å². The molecule has 0 aromatic carbocycles. The molecule has 0 aliphatic rings. The van der Waals surface area contributed by atoms with Crippen LogP contribution in [0.5, 0.6) is 0 Å². The molecule has 2 amide bonds. The van der Waals surface area contributed by atoms with E-state index in [0.29, 0.717) is 6.54 Å². The van der Waals surface area contributed by atoms with Gasteiger partial charge in [-0.1, -0.05) is 19.0 Å². The number of phosphoric ester groups is 1. The van der Waals surface area contributed by atoms with Crippen LogP contribution in [-0.4, -0.2) is 71.9 Å². The van der Waals surface area contributed by atoms with Gasteiger partial charge in [-0.3, -0.25) is 18.6 Å². The smallest absolute Gasteiger partial charge is 0.383 e. The quantitative estimate of drug-likeness (QED) is 0.0698. The fourth-order valence-electron chi connectivity index (χ4n) is 1.91. The van der Waals surface area contributed by atoms with Crippen LogP contribution in [0.2, 0.25) is 0 Å². The Morgan fingerprint density at radius 1 is 1.23 bits per heavy atom. The minimum absolute atomic E-state index is 0.0499. The molecule has 0 fully saturated rings. The van der Waals surface area contributed by atoms with Crippen molar-refractivity contribution in [2.75, 3.05) is 38.3 Å². The van der Waals surface area contributed by atoms with E-state index in [9.17, 15) is 24.2 Å². The maximum atomic E-state index is 12.1. The minimum Gasteiger partial charge on any atom is -0.383 e. The molecule has 30 heavy (non-hydrogen) atoms. The highest BCUT2D eigenvalue weighted by atomic mass is 127. The van der Waals surface area contributed by atoms with Gasteiger partial charge in [0.05, 0.1) is 12.3 Å². The van der Waals surface area contributed by atoms with E-state index in [-0.39, 0.29) is 25.5 Å². The van der Waals surface area contributed by atoms with Crippen LogP contribution < -0.4 is 10.6 Å². The number of nitrogens with one attached hydrogen (secondary N) is 2. The molecule has 11 nitrogen and oxygen atoms in total. The number of rotatable bonds is 16. The molecule has 0 aromatic heterocycles. The van der Waals surface area contributed by atoms with Crippen molar-refractivity contribution in [3.63, 3.8) is 0 Å². The van der Waals surface area contributed by atoms with Crippen molar-refractivity contribution in [1.82, 2.24) is 10.6 Å². The Balaban J connectivity index is 4.04. The molecule has 4 N–H and O–H groups in total. The molecule has 0 bridgehead atoms. The Morgan fingerprint density at radius 2 is 1.90 bits per heavy atom. The van der Waals surface area contributed by atoms with E-state index in [0.717, 1.165) is 30.7 Å². The lowest BCUT2D eigenvalue weighted by Crippen LogP contribution is -2.46. The van der Waals surface area contributed by atoms with Gasteiger partial charge in [0.25, 0.3) is 0 Å². The summed E-state index contributed by atoms with van der Waals surface area (Å²) in [5.41, 5.74) is -0.246. The first-order valence-electron chi connectivity index (χ1n) is 9.09. The van der Waals surface area contributed by atoms with Crippen molar-refractivity contribution < 1.29 is 36.4 Å². The number of aliphatic hydroxyl groups is 1. The van der Waals surface area contributed by atoms with Gasteiger partial charge in [0.2, 0.25) is 34.8 Å². The molecule has 176 valence electrons. The van der Waals surface area contributed by atoms with Crippen LogP contribution in [-0.2, 0) is 26.4 Å². The van der Waals surface area contributed by atoms with Gasteiger partial charge in [0, 0.05) is 37.8 Å². The predicted molar refractivity (Wildman–Crippen MR) is 123 cm³/mol. The van der Waals surface area contributed by atoms with Crippen molar-refractivity contribution >= 4 is 60.1 Å². The minimum atomic E-state index is -4.21. The van der Waals surface area contributed by atoms with Crippen LogP contribution in [0.15, 0.2) is 5.16 Å². The lowest BCUT2D eigenvalue weighted by atomic mass is 9.87. The third-order valence-corrected chi connectivity index (χ3v) is 5.94. The van der Waals surface area contributed by atoms with Crippen LogP contribution in [0.4, 0.5) is 0 Å². The number of halogens is 1. The van der Waals surface area contributed by atoms with E-state index < -0.39 is 25.2 Å². The zero-order chi connectivity index (χ0) is 23.2. The van der Waals surface area contributed by atoms with Crippen LogP contribution >= 0.6 is 42.6 Å². The summed E-state index contributed by atoms with van der Waals surface area (Å²) in [4.78, 5) is 33.1. The highest BCUT2D eigenvalue weighted by molar-refractivity contribution is 14.1. The fraction of sp³-hybridized carbons (Fsp3) is 0.812. The van der Waals surface area contributed by atoms with Crippen molar-refractivity contribution in [1.29, 1.82) is 0 Å². The standard InChI is InChI=1S/C16H31IN3O8PS/c1-12(20-28-17)6-9-30-10-8-18-13(21)5-7-19-15(23)14(22)16(2,3)11-27-29(24,25)26-4/h14,22H,5-11H2,1-4H3,(H,18,21)(H,19,23)(H,24,25)/b20-12+. The molecular weight excluding hydrogens is 552 g/mol. The summed E-state index contributed by atoms with van der Waals surface area (Å²) in [6.07, 6.45) is -0.633. The third kappa shape index (κ3) is 13.8. The molecule has 14 heteroatoms. The van der Waals surface area contributed by atoms with Gasteiger partial charge in [-0.15, -0.1) is 0 Å². The van der Waals surface area contributed by atoms with Crippen molar-refractivity contribution in [3.8, 4) is 0 Å². The van der Waals surface area contributed by atoms with Gasteiger partial charge >= 0.3 is 7.82 Å². The maximum Gasteiger partial charge on any atom is 0.471 e. The van der Waals surface area contributed by atoms with Gasteiger partial charge in [-0.25, -0.2) is 4.57 Å². The first-order valence-corrected chi connectivity index (χ1v) is 12.6. The molecule has 2 unspecified atom stereocenters. The van der Waals surface area contributed by atoms with E-state index in [1.165, 1.54) is 13.8 Å². The number of amides is 2. The van der Waals surface area contributed by atoms with Crippen LogP contribution in [0.1, 0.15) is 33.6 Å². The SMILES string of the molecule is COP(=O)(O)OCC(C)(C)C(O)C(=O)NCCC(=O)NCCSCC/C(C)=N/OI. The Morgan fingerprint density at radius 3 is 2.50 bits per heavy atom. The molecule has 0 aliphatic carbocycles. The van der Waals surface area contributed by atoms with E-state index in [2.05, 4.69) is 23.5 Å². The second-order valence-corrected chi connectivity index (χ2v) is 10.1. The second kappa shape index (κ2) is 15.4. The summed E-state index contributed by atoms with van der Waals surface area (Å²) >= 11 is 3.38. The van der Waals surface area contributed by atoms with Crippen molar-refractivity contribution in [2.45, 2.75) is 39.7 Å². The summed E-state index contributed by atoms with van der Waals surface area (Å²) in [7, 11) is -3.20. The number of nitrogens with zero attached hydrogens (tertiary/aromatic N) is 1. The van der Waals surface area contributed by atoms with Gasteiger partial charge < -0.3 is 23.8 Å². The summed E-state index contributed by atoms with van der Waals surface area (Å²) < 4.78 is 25.0. The number of hydrogen-bond acceptors (Lipinski definition) is 9. The number of carbonyl (C=O) groups excluding carboxylic acids is 2. The molecule has 2 atom stereocenters. The normalized spacial score (nSPS) is 15.2. The van der Waals surface area contributed by atoms with Gasteiger partial charge in [0.1, 0.15) is 6.10 Å². The highest BCUT2D eigenvalue weighted by Gasteiger charge is 2.36. The van der Waals surface area contributed by atoms with Crippen molar-refractivity contribution in [2.24, 2.45) is 10.6 Å². The Hall–Kier alpha value is -0.440. The average molecular weight is 583 g/mol. The van der Waals surface area contributed by atoms with E-state index >= 15 is 0 Å². The van der Waals surface area contributed by atoms with E-state index in [1.807, 2.05) is 6.92 Å². The average Bonchev–Trinajstić information content (AvgIpc) is 2.68. The lowest BCUT2D eigenvalue weighted by Gasteiger charge is -2.29. The van der Waals surface area contributed by atoms with Gasteiger partial charge in [0.15, 0.2) is 0 Å². The number of aliphatic hydroxyl groups excluding tert-OH is 1. The highest BCUT2D eigenvalue weighted by Crippen LogP contribution is 2.43. The summed E-state index contributed by atoms with van der Waals surface area (Å²) in [6.45, 7) is 5.06. The lowest BCUT2D eigenvalue weighted by molar-refractivity contribution is -0.137. The largest absolute Gasteiger partial charge is 0.471 e. The Kier molecular flexibility index (Phi) is 15.2. The molecule has 0 aliphatic heterocycles. The molecule has 0 spiro atoms. The topological polar surface area (TPSA) is 156 Å². The van der Waals surface area contributed by atoms with E-state index in [4.69, 9.17) is 4.52 Å². The van der Waals surface area contributed by atoms with Crippen LogP contribution in [0.3, 0.4) is 0 Å². The zero-order valence-corrected chi connectivity index (χ0v) is 21.4. The second-order valence-electron chi connectivity index (χ2n) is 6.96. The molecule has 0 rings (SSSR count). The summed E-state index contributed by atoms with van der Waals surface area (Å²) in [6, 6.07) is 0. The number of oxime groups is 1. The summed E-state index contributed by atoms with van der Waals surface area (Å²) in [5, 5.41) is 19.2. The molecule has 0 aromatic rings. The van der Waals surface area contributed by atoms with Gasteiger partial charge in [-0.2, -0.15) is 11.8 Å². The van der Waals surface area contributed by atoms with Crippen LogP contribution in [0.25, 0.3) is 0 Å². The Labute approximate surface area is 195 Å². The Bertz CT molecular complexity index is 623. The molecular formula is C16H31IN3O8PS. The fourth-order valence-corrected chi connectivity index (χ4v) is 3.74. The van der Waals surface area contributed by atoms with Gasteiger partial charge in [-0.05, 0) is 19.1 Å². The summed E-state index contributed by atoms with van der Waals surface area (Å²) in [5.74, 6) is 0.698. The molecule has 0 saturated heterocycles. The molecule has 0 saturated carbocycles. The van der Waals surface area contributed by atoms with E-state index in [1.54, 1.807) is 34.8 Å². The first kappa shape index (κ1) is 29.6. The maximum absolute atomic E-state index is 12.1. The third-order valence-electron chi connectivity index (χ3n) is 3.84. The zero-order valence-electron chi connectivity index (χ0n) is 17.6. The number of carbonyl (C=O) groups is 2. The number of hydrogen-bond donors (Lipinski definition) is 4.